The molecule has 0 spiro atoms. The predicted octanol–water partition coefficient (Wildman–Crippen LogP) is 5.45. The molecule has 2 heterocycles. The average Bonchev–Trinajstić information content (AvgIpc) is 3.15. The van der Waals surface area contributed by atoms with E-state index in [9.17, 15) is 0 Å². The van der Waals surface area contributed by atoms with Crippen molar-refractivity contribution in [2.24, 2.45) is 0 Å². The first-order valence-electron chi connectivity index (χ1n) is 7.70. The van der Waals surface area contributed by atoms with Crippen LogP contribution in [0.4, 0.5) is 0 Å². The van der Waals surface area contributed by atoms with Gasteiger partial charge in [-0.2, -0.15) is 0 Å². The lowest BCUT2D eigenvalue weighted by Crippen LogP contribution is -1.98. The second kappa shape index (κ2) is 4.93. The Kier molecular flexibility index (Phi) is 2.76. The van der Waals surface area contributed by atoms with Crippen LogP contribution in [0.3, 0.4) is 0 Å². The summed E-state index contributed by atoms with van der Waals surface area (Å²) in [5.74, 6) is 0. The van der Waals surface area contributed by atoms with Crippen molar-refractivity contribution in [3.63, 3.8) is 0 Å². The molecule has 3 aromatic carbocycles. The highest BCUT2D eigenvalue weighted by Crippen LogP contribution is 2.30. The largest absolute Gasteiger partial charge is 0.334 e. The Morgan fingerprint density at radius 2 is 1.35 bits per heavy atom. The van der Waals surface area contributed by atoms with Crippen molar-refractivity contribution in [2.45, 2.75) is 6.54 Å². The monoisotopic (exact) mass is 314 g/mol. The molecule has 0 atom stereocenters. The molecule has 23 heavy (non-hydrogen) atoms. The van der Waals surface area contributed by atoms with E-state index in [1.165, 1.54) is 26.5 Å². The molecule has 3 heteroatoms. The molecule has 5 rings (SSSR count). The summed E-state index contributed by atoms with van der Waals surface area (Å²) in [5, 5.41) is 3.77. The van der Waals surface area contributed by atoms with Crippen LogP contribution in [0.15, 0.2) is 72.8 Å². The molecule has 0 amide bonds. The predicted molar refractivity (Wildman–Crippen MR) is 98.2 cm³/mol. The van der Waals surface area contributed by atoms with E-state index in [1.807, 2.05) is 6.07 Å². The Morgan fingerprint density at radius 3 is 2.04 bits per heavy atom. The zero-order valence-electron chi connectivity index (χ0n) is 12.4. The quantitative estimate of drug-likeness (QED) is 0.423. The summed E-state index contributed by atoms with van der Waals surface area (Å²) in [5.41, 5.74) is 3.63. The van der Waals surface area contributed by atoms with E-state index < -0.39 is 0 Å². The molecule has 110 valence electrons. The lowest BCUT2D eigenvalue weighted by atomic mass is 10.2. The summed E-state index contributed by atoms with van der Waals surface area (Å²) in [4.78, 5) is 4.80. The highest BCUT2D eigenvalue weighted by Gasteiger charge is 2.11. The Hall–Kier alpha value is -2.65. The summed E-state index contributed by atoms with van der Waals surface area (Å²) in [6.45, 7) is 0.813. The molecule has 0 N–H and O–H groups in total. The maximum Gasteiger partial charge on any atom is 0.114 e. The second-order valence-corrected chi connectivity index (χ2v) is 6.81. The first-order chi connectivity index (χ1) is 11.4. The fraction of sp³-hybridized carbons (Fsp3) is 0.0500. The van der Waals surface area contributed by atoms with E-state index >= 15 is 0 Å². The molecule has 0 saturated heterocycles. The number of hydrogen-bond donors (Lipinski definition) is 0. The second-order valence-electron chi connectivity index (χ2n) is 5.70. The van der Waals surface area contributed by atoms with Crippen molar-refractivity contribution in [2.75, 3.05) is 0 Å². The van der Waals surface area contributed by atoms with Crippen molar-refractivity contribution < 1.29 is 0 Å². The van der Waals surface area contributed by atoms with Crippen LogP contribution in [-0.4, -0.2) is 9.55 Å². The minimum atomic E-state index is 0.813. The average molecular weight is 314 g/mol. The molecule has 0 radical (unpaired) electrons. The van der Waals surface area contributed by atoms with Gasteiger partial charge in [0.25, 0.3) is 0 Å². The molecule has 0 aliphatic heterocycles. The maximum absolute atomic E-state index is 4.80. The third kappa shape index (κ3) is 1.97. The van der Waals surface area contributed by atoms with E-state index in [-0.39, 0.29) is 0 Å². The molecule has 0 unspecified atom stereocenters. The van der Waals surface area contributed by atoms with Crippen LogP contribution >= 0.6 is 11.3 Å². The van der Waals surface area contributed by atoms with E-state index in [0.29, 0.717) is 0 Å². The maximum atomic E-state index is 4.80. The highest BCUT2D eigenvalue weighted by molar-refractivity contribution is 7.18. The van der Waals surface area contributed by atoms with Gasteiger partial charge in [0.05, 0.1) is 16.8 Å². The van der Waals surface area contributed by atoms with Crippen LogP contribution in [0, 0.1) is 0 Å². The number of hydrogen-bond acceptors (Lipinski definition) is 2. The van der Waals surface area contributed by atoms with Crippen LogP contribution < -0.4 is 0 Å². The lowest BCUT2D eigenvalue weighted by Gasteiger charge is -2.04. The first kappa shape index (κ1) is 12.9. The van der Waals surface area contributed by atoms with Gasteiger partial charge in [0.2, 0.25) is 0 Å². The number of aromatic nitrogens is 2. The number of benzene rings is 3. The van der Waals surface area contributed by atoms with Crippen LogP contribution in [0.25, 0.3) is 32.0 Å². The van der Waals surface area contributed by atoms with E-state index in [0.717, 1.165) is 17.1 Å². The molecule has 0 saturated carbocycles. The van der Waals surface area contributed by atoms with E-state index in [1.54, 1.807) is 11.3 Å². The van der Waals surface area contributed by atoms with Crippen molar-refractivity contribution in [3.05, 3.63) is 77.8 Å². The van der Waals surface area contributed by atoms with Gasteiger partial charge < -0.3 is 4.57 Å². The number of fused-ring (bicyclic) bond motifs is 4. The fourth-order valence-corrected chi connectivity index (χ4v) is 4.25. The molecule has 0 fully saturated rings. The Morgan fingerprint density at radius 1 is 0.739 bits per heavy atom. The van der Waals surface area contributed by atoms with Gasteiger partial charge in [-0.15, -0.1) is 11.3 Å². The number of nitrogens with zero attached hydrogens (tertiary/aromatic N) is 2. The van der Waals surface area contributed by atoms with E-state index in [2.05, 4.69) is 71.3 Å². The molecular weight excluding hydrogens is 300 g/mol. The van der Waals surface area contributed by atoms with Crippen LogP contribution in [0.1, 0.15) is 5.01 Å². The fourth-order valence-electron chi connectivity index (χ4n) is 3.30. The summed E-state index contributed by atoms with van der Waals surface area (Å²) in [6.07, 6.45) is 0. The standard InChI is InChI=1S/C20H14N2S/c1-4-10-17-14(7-1)15-8-2-5-11-18(15)22(17)13-20-21-16-9-3-6-12-19(16)23-20/h1-12H,13H2. The van der Waals surface area contributed by atoms with Gasteiger partial charge in [-0.05, 0) is 24.3 Å². The van der Waals surface area contributed by atoms with Crippen molar-refractivity contribution in [1.82, 2.24) is 9.55 Å². The molecule has 0 bridgehead atoms. The summed E-state index contributed by atoms with van der Waals surface area (Å²) < 4.78 is 3.63. The number of rotatable bonds is 2. The van der Waals surface area contributed by atoms with Gasteiger partial charge in [-0.25, -0.2) is 4.98 Å². The smallest absolute Gasteiger partial charge is 0.114 e. The van der Waals surface area contributed by atoms with E-state index in [4.69, 9.17) is 4.98 Å². The Labute approximate surface area is 137 Å². The molecular formula is C20H14N2S. The number of thiazole rings is 1. The normalized spacial score (nSPS) is 11.7. The van der Waals surface area contributed by atoms with Gasteiger partial charge in [0.15, 0.2) is 0 Å². The highest BCUT2D eigenvalue weighted by atomic mass is 32.1. The minimum Gasteiger partial charge on any atom is -0.334 e. The Balaban J connectivity index is 1.74. The van der Waals surface area contributed by atoms with Crippen LogP contribution in [0.5, 0.6) is 0 Å². The van der Waals surface area contributed by atoms with Gasteiger partial charge in [-0.1, -0.05) is 48.5 Å². The summed E-state index contributed by atoms with van der Waals surface area (Å²) in [7, 11) is 0. The van der Waals surface area contributed by atoms with Crippen LogP contribution in [0.2, 0.25) is 0 Å². The molecule has 0 aliphatic rings. The van der Waals surface area contributed by atoms with Crippen LogP contribution in [-0.2, 0) is 6.54 Å². The van der Waals surface area contributed by atoms with Crippen molar-refractivity contribution in [1.29, 1.82) is 0 Å². The van der Waals surface area contributed by atoms with Gasteiger partial charge in [-0.3, -0.25) is 0 Å². The minimum absolute atomic E-state index is 0.813. The topological polar surface area (TPSA) is 17.8 Å². The molecule has 2 aromatic heterocycles. The van der Waals surface area contributed by atoms with Gasteiger partial charge in [0, 0.05) is 21.8 Å². The zero-order valence-corrected chi connectivity index (χ0v) is 13.3. The van der Waals surface area contributed by atoms with Gasteiger partial charge >= 0.3 is 0 Å². The van der Waals surface area contributed by atoms with Gasteiger partial charge in [0.1, 0.15) is 5.01 Å². The molecule has 0 aliphatic carbocycles. The van der Waals surface area contributed by atoms with Crippen molar-refractivity contribution in [3.8, 4) is 0 Å². The molecule has 2 nitrogen and oxygen atoms in total. The third-order valence-electron chi connectivity index (χ3n) is 4.31. The van der Waals surface area contributed by atoms with Crippen molar-refractivity contribution >= 4 is 43.4 Å². The molecule has 5 aromatic rings. The summed E-state index contributed by atoms with van der Waals surface area (Å²) in [6, 6.07) is 25.6. The SMILES string of the molecule is c1ccc2sc(Cn3c4ccccc4c4ccccc43)nc2c1. The first-order valence-corrected chi connectivity index (χ1v) is 8.52. The third-order valence-corrected chi connectivity index (χ3v) is 5.33. The number of para-hydroxylation sites is 3. The Bertz CT molecular complexity index is 1060. The summed E-state index contributed by atoms with van der Waals surface area (Å²) >= 11 is 1.78. The lowest BCUT2D eigenvalue weighted by molar-refractivity contribution is 0.861. The zero-order chi connectivity index (χ0) is 15.2.